The molecule has 0 saturated carbocycles. The summed E-state index contributed by atoms with van der Waals surface area (Å²) in [4.78, 5) is 0. The van der Waals surface area contributed by atoms with Crippen molar-refractivity contribution in [3.05, 3.63) is 34.9 Å². The number of ether oxygens (including phenoxy) is 1. The van der Waals surface area contributed by atoms with Gasteiger partial charge >= 0.3 is 6.18 Å². The first-order valence-electron chi connectivity index (χ1n) is 6.72. The standard InChI is InChI=1S/C15H21ClF3NO/c1-14(2,3)20-8-12(9-21-10-15(17,18)19)11-4-6-13(16)7-5-11/h4-7,12,20H,8-10H2,1-3H3. The number of benzene rings is 1. The minimum absolute atomic E-state index is 0.00419. The number of hydrogen-bond donors (Lipinski definition) is 1. The Morgan fingerprint density at radius 2 is 1.71 bits per heavy atom. The lowest BCUT2D eigenvalue weighted by Crippen LogP contribution is -2.39. The predicted molar refractivity (Wildman–Crippen MR) is 78.8 cm³/mol. The molecule has 21 heavy (non-hydrogen) atoms. The summed E-state index contributed by atoms with van der Waals surface area (Å²) < 4.78 is 41.3. The number of alkyl halides is 3. The maximum atomic E-state index is 12.2. The highest BCUT2D eigenvalue weighted by Gasteiger charge is 2.28. The van der Waals surface area contributed by atoms with Gasteiger partial charge in [-0.25, -0.2) is 0 Å². The molecule has 0 heterocycles. The highest BCUT2D eigenvalue weighted by Crippen LogP contribution is 2.21. The molecule has 1 atom stereocenters. The van der Waals surface area contributed by atoms with Gasteiger partial charge in [-0.15, -0.1) is 0 Å². The van der Waals surface area contributed by atoms with E-state index in [1.807, 2.05) is 32.9 Å². The van der Waals surface area contributed by atoms with Gasteiger partial charge in [0.1, 0.15) is 6.61 Å². The molecule has 1 unspecified atom stereocenters. The fraction of sp³-hybridized carbons (Fsp3) is 0.600. The lowest BCUT2D eigenvalue weighted by atomic mass is 9.98. The van der Waals surface area contributed by atoms with Gasteiger partial charge in [0, 0.05) is 23.0 Å². The van der Waals surface area contributed by atoms with Gasteiger partial charge in [0.05, 0.1) is 6.61 Å². The fourth-order valence-electron chi connectivity index (χ4n) is 1.75. The van der Waals surface area contributed by atoms with Gasteiger partial charge in [0.25, 0.3) is 0 Å². The molecular weight excluding hydrogens is 303 g/mol. The molecule has 0 radical (unpaired) electrons. The molecule has 1 N–H and O–H groups in total. The van der Waals surface area contributed by atoms with Gasteiger partial charge < -0.3 is 10.1 Å². The highest BCUT2D eigenvalue weighted by molar-refractivity contribution is 6.30. The van der Waals surface area contributed by atoms with Crippen LogP contribution in [0, 0.1) is 0 Å². The Hall–Kier alpha value is -0.780. The molecule has 0 aliphatic rings. The SMILES string of the molecule is CC(C)(C)NCC(COCC(F)(F)F)c1ccc(Cl)cc1. The van der Waals surface area contributed by atoms with Crippen LogP contribution in [0.5, 0.6) is 0 Å². The number of rotatable bonds is 6. The van der Waals surface area contributed by atoms with E-state index in [4.69, 9.17) is 16.3 Å². The van der Waals surface area contributed by atoms with Gasteiger partial charge in [-0.3, -0.25) is 0 Å². The van der Waals surface area contributed by atoms with Gasteiger partial charge in [-0.2, -0.15) is 13.2 Å². The van der Waals surface area contributed by atoms with Crippen molar-refractivity contribution in [1.82, 2.24) is 5.32 Å². The van der Waals surface area contributed by atoms with E-state index >= 15 is 0 Å². The zero-order valence-electron chi connectivity index (χ0n) is 12.4. The van der Waals surface area contributed by atoms with E-state index < -0.39 is 12.8 Å². The van der Waals surface area contributed by atoms with Crippen LogP contribution in [0.15, 0.2) is 24.3 Å². The van der Waals surface area contributed by atoms with Crippen molar-refractivity contribution >= 4 is 11.6 Å². The van der Waals surface area contributed by atoms with Crippen molar-refractivity contribution in [3.8, 4) is 0 Å². The summed E-state index contributed by atoms with van der Waals surface area (Å²) in [5.74, 6) is -0.163. The topological polar surface area (TPSA) is 21.3 Å². The molecule has 120 valence electrons. The first-order chi connectivity index (χ1) is 9.57. The fourth-order valence-corrected chi connectivity index (χ4v) is 1.88. The summed E-state index contributed by atoms with van der Waals surface area (Å²) in [5, 5.41) is 3.88. The second kappa shape index (κ2) is 7.47. The first-order valence-corrected chi connectivity index (χ1v) is 7.09. The molecular formula is C15H21ClF3NO. The lowest BCUT2D eigenvalue weighted by Gasteiger charge is -2.26. The highest BCUT2D eigenvalue weighted by atomic mass is 35.5. The van der Waals surface area contributed by atoms with Gasteiger partial charge in [-0.1, -0.05) is 23.7 Å². The average Bonchev–Trinajstić information content (AvgIpc) is 2.32. The normalized spacial score (nSPS) is 14.2. The van der Waals surface area contributed by atoms with E-state index in [2.05, 4.69) is 5.32 Å². The second-order valence-corrected chi connectivity index (χ2v) is 6.45. The van der Waals surface area contributed by atoms with Crippen LogP contribution in [0.4, 0.5) is 13.2 Å². The summed E-state index contributed by atoms with van der Waals surface area (Å²) in [6.45, 7) is 5.31. The third-order valence-electron chi connectivity index (χ3n) is 2.80. The molecule has 1 rings (SSSR count). The molecule has 6 heteroatoms. The van der Waals surface area contributed by atoms with Gasteiger partial charge in [-0.05, 0) is 38.5 Å². The Bertz CT molecular complexity index is 426. The molecule has 0 spiro atoms. The molecule has 0 aromatic heterocycles. The van der Waals surface area contributed by atoms with Crippen LogP contribution in [-0.4, -0.2) is 31.5 Å². The van der Waals surface area contributed by atoms with Crippen LogP contribution >= 0.6 is 11.6 Å². The minimum atomic E-state index is -4.30. The van der Waals surface area contributed by atoms with E-state index in [-0.39, 0.29) is 18.1 Å². The van der Waals surface area contributed by atoms with E-state index in [0.717, 1.165) is 5.56 Å². The largest absolute Gasteiger partial charge is 0.411 e. The number of hydrogen-bond acceptors (Lipinski definition) is 2. The average molecular weight is 324 g/mol. The Balaban J connectivity index is 2.67. The van der Waals surface area contributed by atoms with Crippen LogP contribution in [0.25, 0.3) is 0 Å². The Labute approximate surface area is 128 Å². The van der Waals surface area contributed by atoms with E-state index in [0.29, 0.717) is 11.6 Å². The molecule has 0 fully saturated rings. The summed E-state index contributed by atoms with van der Waals surface area (Å²) in [5.41, 5.74) is 0.785. The quantitative estimate of drug-likeness (QED) is 0.838. The van der Waals surface area contributed by atoms with E-state index in [1.54, 1.807) is 12.1 Å². The van der Waals surface area contributed by atoms with Crippen molar-refractivity contribution in [3.63, 3.8) is 0 Å². The summed E-state index contributed by atoms with van der Waals surface area (Å²) in [6, 6.07) is 7.08. The van der Waals surface area contributed by atoms with Crippen molar-refractivity contribution < 1.29 is 17.9 Å². The monoisotopic (exact) mass is 323 g/mol. The third kappa shape index (κ3) is 8.29. The van der Waals surface area contributed by atoms with E-state index in [1.165, 1.54) is 0 Å². The number of nitrogens with one attached hydrogen (secondary N) is 1. The van der Waals surface area contributed by atoms with Gasteiger partial charge in [0.2, 0.25) is 0 Å². The Morgan fingerprint density at radius 3 is 2.19 bits per heavy atom. The van der Waals surface area contributed by atoms with Crippen LogP contribution in [0.3, 0.4) is 0 Å². The van der Waals surface area contributed by atoms with Crippen molar-refractivity contribution in [2.45, 2.75) is 38.4 Å². The summed E-state index contributed by atoms with van der Waals surface area (Å²) in [7, 11) is 0. The summed E-state index contributed by atoms with van der Waals surface area (Å²) in [6.07, 6.45) is -4.30. The van der Waals surface area contributed by atoms with E-state index in [9.17, 15) is 13.2 Å². The van der Waals surface area contributed by atoms with Crippen LogP contribution < -0.4 is 5.32 Å². The van der Waals surface area contributed by atoms with Crippen LogP contribution in [-0.2, 0) is 4.74 Å². The van der Waals surface area contributed by atoms with Crippen molar-refractivity contribution in [2.75, 3.05) is 19.8 Å². The molecule has 0 bridgehead atoms. The van der Waals surface area contributed by atoms with Crippen LogP contribution in [0.1, 0.15) is 32.3 Å². The molecule has 1 aromatic carbocycles. The molecule has 0 amide bonds. The lowest BCUT2D eigenvalue weighted by molar-refractivity contribution is -0.174. The maximum absolute atomic E-state index is 12.2. The van der Waals surface area contributed by atoms with Gasteiger partial charge in [0.15, 0.2) is 0 Å². The molecule has 0 aliphatic heterocycles. The molecule has 1 aromatic rings. The zero-order chi connectivity index (χ0) is 16.1. The predicted octanol–water partition coefficient (Wildman–Crippen LogP) is 4.39. The number of halogens is 4. The Kier molecular flexibility index (Phi) is 6.50. The van der Waals surface area contributed by atoms with Crippen molar-refractivity contribution in [1.29, 1.82) is 0 Å². The summed E-state index contributed by atoms with van der Waals surface area (Å²) >= 11 is 5.83. The first kappa shape index (κ1) is 18.3. The zero-order valence-corrected chi connectivity index (χ0v) is 13.2. The smallest absolute Gasteiger partial charge is 0.371 e. The second-order valence-electron chi connectivity index (χ2n) is 6.01. The molecule has 0 saturated heterocycles. The molecule has 0 aliphatic carbocycles. The van der Waals surface area contributed by atoms with Crippen LogP contribution in [0.2, 0.25) is 5.02 Å². The maximum Gasteiger partial charge on any atom is 0.411 e. The molecule has 2 nitrogen and oxygen atoms in total. The van der Waals surface area contributed by atoms with Crippen molar-refractivity contribution in [2.24, 2.45) is 0 Å². The third-order valence-corrected chi connectivity index (χ3v) is 3.06. The minimum Gasteiger partial charge on any atom is -0.371 e. The Morgan fingerprint density at radius 1 is 1.14 bits per heavy atom.